The number of aromatic hydroxyl groups is 1. The molecule has 0 spiro atoms. The van der Waals surface area contributed by atoms with Crippen molar-refractivity contribution < 1.29 is 9.94 Å². The van der Waals surface area contributed by atoms with Gasteiger partial charge in [-0.15, -0.1) is 0 Å². The lowest BCUT2D eigenvalue weighted by Gasteiger charge is -1.97. The number of oxime groups is 1. The zero-order valence-electron chi connectivity index (χ0n) is 6.49. The molecule has 0 aromatic heterocycles. The maximum atomic E-state index is 9.37. The highest BCUT2D eigenvalue weighted by molar-refractivity contribution is 14.1. The largest absolute Gasteiger partial charge is 0.507 e. The summed E-state index contributed by atoms with van der Waals surface area (Å²) in [6.07, 6.45) is 1.46. The van der Waals surface area contributed by atoms with E-state index in [1.54, 1.807) is 12.1 Å². The van der Waals surface area contributed by atoms with E-state index < -0.39 is 0 Å². The molecule has 12 heavy (non-hydrogen) atoms. The molecule has 1 aromatic carbocycles. The van der Waals surface area contributed by atoms with Gasteiger partial charge in [0, 0.05) is 9.13 Å². The molecule has 0 aliphatic rings. The Morgan fingerprint density at radius 1 is 1.58 bits per heavy atom. The van der Waals surface area contributed by atoms with Gasteiger partial charge in [-0.25, -0.2) is 0 Å². The van der Waals surface area contributed by atoms with Crippen molar-refractivity contribution in [3.63, 3.8) is 0 Å². The van der Waals surface area contributed by atoms with Crippen molar-refractivity contribution in [1.82, 2.24) is 0 Å². The lowest BCUT2D eigenvalue weighted by Crippen LogP contribution is -1.83. The van der Waals surface area contributed by atoms with Gasteiger partial charge in [0.05, 0.1) is 6.21 Å². The number of hydrogen-bond acceptors (Lipinski definition) is 3. The van der Waals surface area contributed by atoms with Gasteiger partial charge in [0.1, 0.15) is 12.9 Å². The molecule has 0 aliphatic heterocycles. The number of nitrogens with zero attached hydrogens (tertiary/aromatic N) is 1. The molecule has 1 aromatic rings. The number of phenols is 1. The van der Waals surface area contributed by atoms with Crippen molar-refractivity contribution in [3.05, 3.63) is 27.3 Å². The Hall–Kier alpha value is -0.780. The zero-order chi connectivity index (χ0) is 8.97. The zero-order valence-corrected chi connectivity index (χ0v) is 8.65. The Kier molecular flexibility index (Phi) is 3.33. The number of rotatable bonds is 2. The lowest BCUT2D eigenvalue weighted by atomic mass is 10.2. The Balaban J connectivity index is 2.94. The summed E-state index contributed by atoms with van der Waals surface area (Å²) in [6.45, 7) is 0. The monoisotopic (exact) mass is 277 g/mol. The van der Waals surface area contributed by atoms with Gasteiger partial charge in [-0.05, 0) is 40.8 Å². The van der Waals surface area contributed by atoms with Gasteiger partial charge in [0.15, 0.2) is 0 Å². The summed E-state index contributed by atoms with van der Waals surface area (Å²) in [7, 11) is 1.46. The molecule has 0 amide bonds. The number of hydrogen-bond donors (Lipinski definition) is 1. The van der Waals surface area contributed by atoms with Gasteiger partial charge in [-0.3, -0.25) is 0 Å². The summed E-state index contributed by atoms with van der Waals surface area (Å²) in [6, 6.07) is 5.33. The minimum atomic E-state index is 0.211. The maximum absolute atomic E-state index is 9.37. The van der Waals surface area contributed by atoms with Crippen LogP contribution in [0.15, 0.2) is 23.4 Å². The Morgan fingerprint density at radius 2 is 2.33 bits per heavy atom. The fourth-order valence-electron chi connectivity index (χ4n) is 0.735. The van der Waals surface area contributed by atoms with Crippen LogP contribution in [0, 0.1) is 3.57 Å². The molecule has 0 radical (unpaired) electrons. The summed E-state index contributed by atoms with van der Waals surface area (Å²) in [5.74, 6) is 0.211. The maximum Gasteiger partial charge on any atom is 0.125 e. The molecule has 0 heterocycles. The van der Waals surface area contributed by atoms with Gasteiger partial charge in [0.2, 0.25) is 0 Å². The molecule has 1 N–H and O–H groups in total. The van der Waals surface area contributed by atoms with Crippen LogP contribution in [0.1, 0.15) is 5.56 Å². The average molecular weight is 277 g/mol. The van der Waals surface area contributed by atoms with E-state index in [2.05, 4.69) is 32.6 Å². The minimum Gasteiger partial charge on any atom is -0.507 e. The standard InChI is InChI=1S/C8H8INO2/c1-12-10-5-6-2-3-7(9)4-8(6)11/h2-5,11H,1H3/b10-5+. The first kappa shape index (κ1) is 9.31. The van der Waals surface area contributed by atoms with Crippen LogP contribution < -0.4 is 0 Å². The summed E-state index contributed by atoms with van der Waals surface area (Å²) in [4.78, 5) is 4.49. The second-order valence-electron chi connectivity index (χ2n) is 2.12. The third-order valence-corrected chi connectivity index (χ3v) is 1.96. The molecule has 0 bridgehead atoms. The molecule has 64 valence electrons. The quantitative estimate of drug-likeness (QED) is 0.510. The van der Waals surface area contributed by atoms with Crippen LogP contribution in [-0.4, -0.2) is 18.4 Å². The number of phenolic OH excluding ortho intramolecular Hbond substituents is 1. The van der Waals surface area contributed by atoms with Crippen molar-refractivity contribution >= 4 is 28.8 Å². The molecule has 0 atom stereocenters. The topological polar surface area (TPSA) is 41.8 Å². The highest BCUT2D eigenvalue weighted by atomic mass is 127. The van der Waals surface area contributed by atoms with E-state index in [0.717, 1.165) is 3.57 Å². The van der Waals surface area contributed by atoms with E-state index in [1.165, 1.54) is 13.3 Å². The Morgan fingerprint density at radius 3 is 2.92 bits per heavy atom. The summed E-state index contributed by atoms with van der Waals surface area (Å²) in [5, 5.41) is 12.9. The SMILES string of the molecule is CO/N=C/c1ccc(I)cc1O. The third-order valence-electron chi connectivity index (χ3n) is 1.29. The lowest BCUT2D eigenvalue weighted by molar-refractivity contribution is 0.215. The molecule has 0 saturated carbocycles. The fraction of sp³-hybridized carbons (Fsp3) is 0.125. The molecular weight excluding hydrogens is 269 g/mol. The Bertz CT molecular complexity index is 299. The van der Waals surface area contributed by atoms with Gasteiger partial charge >= 0.3 is 0 Å². The van der Waals surface area contributed by atoms with E-state index >= 15 is 0 Å². The number of benzene rings is 1. The third kappa shape index (κ3) is 2.37. The number of halogens is 1. The van der Waals surface area contributed by atoms with Crippen molar-refractivity contribution in [2.75, 3.05) is 7.11 Å². The highest BCUT2D eigenvalue weighted by Gasteiger charge is 1.97. The molecule has 1 rings (SSSR count). The summed E-state index contributed by atoms with van der Waals surface area (Å²) in [5.41, 5.74) is 0.650. The average Bonchev–Trinajstić information content (AvgIpc) is 2.03. The summed E-state index contributed by atoms with van der Waals surface area (Å²) >= 11 is 2.12. The van der Waals surface area contributed by atoms with Crippen molar-refractivity contribution in [2.45, 2.75) is 0 Å². The second kappa shape index (κ2) is 4.30. The van der Waals surface area contributed by atoms with E-state index in [4.69, 9.17) is 0 Å². The molecule has 0 unspecified atom stereocenters. The van der Waals surface area contributed by atoms with Crippen LogP contribution in [0.25, 0.3) is 0 Å². The molecule has 0 fully saturated rings. The van der Waals surface area contributed by atoms with Gasteiger partial charge < -0.3 is 9.94 Å². The van der Waals surface area contributed by atoms with E-state index in [-0.39, 0.29) is 5.75 Å². The van der Waals surface area contributed by atoms with Crippen molar-refractivity contribution in [2.24, 2.45) is 5.16 Å². The first-order chi connectivity index (χ1) is 5.74. The first-order valence-corrected chi connectivity index (χ1v) is 4.37. The predicted octanol–water partition coefficient (Wildman–Crippen LogP) is 1.98. The van der Waals surface area contributed by atoms with Gasteiger partial charge in [-0.2, -0.15) is 0 Å². The highest BCUT2D eigenvalue weighted by Crippen LogP contribution is 2.17. The van der Waals surface area contributed by atoms with Gasteiger partial charge in [0.25, 0.3) is 0 Å². The van der Waals surface area contributed by atoms with E-state index in [9.17, 15) is 5.11 Å². The molecular formula is C8H8INO2. The Labute approximate surface area is 84.2 Å². The summed E-state index contributed by atoms with van der Waals surface area (Å²) < 4.78 is 0.986. The van der Waals surface area contributed by atoms with Crippen molar-refractivity contribution in [1.29, 1.82) is 0 Å². The molecule has 3 nitrogen and oxygen atoms in total. The minimum absolute atomic E-state index is 0.211. The van der Waals surface area contributed by atoms with E-state index in [1.807, 2.05) is 6.07 Å². The molecule has 0 saturated heterocycles. The molecule has 4 heteroatoms. The first-order valence-electron chi connectivity index (χ1n) is 3.29. The molecule has 0 aliphatic carbocycles. The van der Waals surface area contributed by atoms with Crippen LogP contribution in [0.5, 0.6) is 5.75 Å². The second-order valence-corrected chi connectivity index (χ2v) is 3.37. The van der Waals surface area contributed by atoms with Crippen LogP contribution in [0.3, 0.4) is 0 Å². The van der Waals surface area contributed by atoms with Crippen LogP contribution in [0.2, 0.25) is 0 Å². The van der Waals surface area contributed by atoms with Crippen molar-refractivity contribution in [3.8, 4) is 5.75 Å². The fourth-order valence-corrected chi connectivity index (χ4v) is 1.21. The van der Waals surface area contributed by atoms with Crippen LogP contribution >= 0.6 is 22.6 Å². The normalized spacial score (nSPS) is 10.5. The van der Waals surface area contributed by atoms with Crippen LogP contribution in [-0.2, 0) is 4.84 Å². The van der Waals surface area contributed by atoms with E-state index in [0.29, 0.717) is 5.56 Å². The predicted molar refractivity (Wildman–Crippen MR) is 55.4 cm³/mol. The van der Waals surface area contributed by atoms with Crippen LogP contribution in [0.4, 0.5) is 0 Å². The smallest absolute Gasteiger partial charge is 0.125 e. The van der Waals surface area contributed by atoms with Gasteiger partial charge in [-0.1, -0.05) is 5.16 Å².